The summed E-state index contributed by atoms with van der Waals surface area (Å²) in [5, 5.41) is 5.87. The van der Waals surface area contributed by atoms with Crippen LogP contribution in [0.3, 0.4) is 0 Å². The number of rotatable bonds is 12. The Kier molecular flexibility index (Phi) is 9.16. The first kappa shape index (κ1) is 26.9. The number of para-hydroxylation sites is 1. The molecule has 1 heterocycles. The van der Waals surface area contributed by atoms with Gasteiger partial charge in [-0.05, 0) is 86.9 Å². The van der Waals surface area contributed by atoms with Crippen LogP contribution in [0.1, 0.15) is 30.5 Å². The smallest absolute Gasteiger partial charge is 0.280 e. The van der Waals surface area contributed by atoms with Gasteiger partial charge in [0.25, 0.3) is 5.91 Å². The normalized spacial score (nSPS) is 14.1. The summed E-state index contributed by atoms with van der Waals surface area (Å²) in [6, 6.07) is 21.1. The van der Waals surface area contributed by atoms with Gasteiger partial charge < -0.3 is 18.9 Å². The van der Waals surface area contributed by atoms with Gasteiger partial charge in [0.2, 0.25) is 0 Å². The second-order valence-electron chi connectivity index (χ2n) is 8.89. The number of carbonyl (C=O) groups excluding carboxylic acids is 1. The highest BCUT2D eigenvalue weighted by molar-refractivity contribution is 6.32. The molecule has 1 amide bonds. The Bertz CT molecular complexity index is 1320. The molecule has 1 aliphatic heterocycles. The molecule has 4 rings (SSSR count). The molecular formula is C31H34N2O5. The zero-order valence-electron chi connectivity index (χ0n) is 22.4. The van der Waals surface area contributed by atoms with E-state index in [0.717, 1.165) is 17.0 Å². The third-order valence-corrected chi connectivity index (χ3v) is 6.10. The van der Waals surface area contributed by atoms with E-state index in [1.54, 1.807) is 0 Å². The van der Waals surface area contributed by atoms with Gasteiger partial charge in [-0.25, -0.2) is 0 Å². The molecule has 0 aromatic heterocycles. The highest BCUT2D eigenvalue weighted by atomic mass is 16.6. The molecule has 1 aliphatic rings. The number of carbonyl (C=O) groups is 1. The Hall–Kier alpha value is -4.10. The van der Waals surface area contributed by atoms with Crippen LogP contribution >= 0.6 is 0 Å². The molecule has 0 saturated heterocycles. The Labute approximate surface area is 224 Å². The van der Waals surface area contributed by atoms with Crippen molar-refractivity contribution in [1.82, 2.24) is 0 Å². The molecule has 0 fully saturated rings. The number of benzene rings is 3. The fraction of sp³-hybridized carbons (Fsp3) is 0.290. The fourth-order valence-corrected chi connectivity index (χ4v) is 3.93. The van der Waals surface area contributed by atoms with Gasteiger partial charge in [-0.15, -0.1) is 0 Å². The first-order chi connectivity index (χ1) is 18.5. The first-order valence-corrected chi connectivity index (χ1v) is 12.8. The van der Waals surface area contributed by atoms with E-state index >= 15 is 0 Å². The lowest BCUT2D eigenvalue weighted by Gasteiger charge is -2.13. The van der Waals surface area contributed by atoms with E-state index in [1.807, 2.05) is 80.6 Å². The lowest BCUT2D eigenvalue weighted by molar-refractivity contribution is -0.114. The van der Waals surface area contributed by atoms with E-state index in [1.165, 1.54) is 16.1 Å². The maximum absolute atomic E-state index is 13.0. The van der Waals surface area contributed by atoms with Gasteiger partial charge in [0.1, 0.15) is 19.0 Å². The average molecular weight is 515 g/mol. The summed E-state index contributed by atoms with van der Waals surface area (Å²) < 4.78 is 23.1. The number of nitrogens with zero attached hydrogens (tertiary/aromatic N) is 2. The number of hydrazone groups is 1. The molecule has 7 heteroatoms. The minimum atomic E-state index is -0.161. The highest BCUT2D eigenvalue weighted by Gasteiger charge is 2.28. The molecule has 0 saturated carbocycles. The van der Waals surface area contributed by atoms with Gasteiger partial charge >= 0.3 is 0 Å². The molecule has 3 aromatic carbocycles. The molecule has 3 aromatic rings. The van der Waals surface area contributed by atoms with E-state index in [4.69, 9.17) is 18.9 Å². The quantitative estimate of drug-likeness (QED) is 0.220. The number of ether oxygens (including phenoxy) is 4. The second kappa shape index (κ2) is 12.9. The van der Waals surface area contributed by atoms with Crippen molar-refractivity contribution in [2.24, 2.45) is 5.10 Å². The third-order valence-electron chi connectivity index (χ3n) is 6.10. The lowest BCUT2D eigenvalue weighted by Crippen LogP contribution is -2.21. The van der Waals surface area contributed by atoms with Crippen LogP contribution in [0.5, 0.6) is 17.2 Å². The summed E-state index contributed by atoms with van der Waals surface area (Å²) >= 11 is 0. The average Bonchev–Trinajstić information content (AvgIpc) is 3.20. The number of hydrogen-bond acceptors (Lipinski definition) is 6. The summed E-state index contributed by atoms with van der Waals surface area (Å²) in [6.45, 7) is 10.1. The molecule has 38 heavy (non-hydrogen) atoms. The summed E-state index contributed by atoms with van der Waals surface area (Å²) in [5.41, 5.74) is 5.22. The molecule has 0 aliphatic carbocycles. The molecule has 0 N–H and O–H groups in total. The standard InChI is InChI=1S/C31H34N2O5/c1-5-36-30-21-25(20-28-24(4)32-33(31(28)34)26-9-7-6-8-10-26)12-14-29(30)38-18-16-35-15-17-37-27-13-11-22(2)23(3)19-27/h6-14,19-21H,5,15-18H2,1-4H3. The van der Waals surface area contributed by atoms with Crippen molar-refractivity contribution >= 4 is 23.4 Å². The van der Waals surface area contributed by atoms with Gasteiger partial charge in [0.15, 0.2) is 11.5 Å². The number of aryl methyl sites for hydroxylation is 2. The summed E-state index contributed by atoms with van der Waals surface area (Å²) in [4.78, 5) is 13.0. The Morgan fingerprint density at radius 1 is 0.789 bits per heavy atom. The van der Waals surface area contributed by atoms with Crippen molar-refractivity contribution in [3.63, 3.8) is 0 Å². The predicted octanol–water partition coefficient (Wildman–Crippen LogP) is 5.98. The van der Waals surface area contributed by atoms with Crippen LogP contribution in [0.25, 0.3) is 6.08 Å². The molecule has 0 atom stereocenters. The zero-order valence-corrected chi connectivity index (χ0v) is 22.4. The molecule has 0 bridgehead atoms. The van der Waals surface area contributed by atoms with Crippen molar-refractivity contribution in [2.45, 2.75) is 27.7 Å². The predicted molar refractivity (Wildman–Crippen MR) is 150 cm³/mol. The fourth-order valence-electron chi connectivity index (χ4n) is 3.93. The molecule has 0 unspecified atom stereocenters. The molecular weight excluding hydrogens is 480 g/mol. The van der Waals surface area contributed by atoms with Gasteiger partial charge in [0, 0.05) is 0 Å². The van der Waals surface area contributed by atoms with Crippen LogP contribution < -0.4 is 19.2 Å². The number of hydrogen-bond donors (Lipinski definition) is 0. The van der Waals surface area contributed by atoms with Gasteiger partial charge in [0.05, 0.1) is 36.8 Å². The number of anilines is 1. The first-order valence-electron chi connectivity index (χ1n) is 12.8. The minimum Gasteiger partial charge on any atom is -0.491 e. The summed E-state index contributed by atoms with van der Waals surface area (Å²) in [5.74, 6) is 1.92. The third kappa shape index (κ3) is 6.81. The van der Waals surface area contributed by atoms with E-state index in [0.29, 0.717) is 55.8 Å². The zero-order chi connectivity index (χ0) is 26.9. The Balaban J connectivity index is 1.30. The van der Waals surface area contributed by atoms with Crippen LogP contribution in [-0.2, 0) is 9.53 Å². The number of amides is 1. The summed E-state index contributed by atoms with van der Waals surface area (Å²) in [7, 11) is 0. The van der Waals surface area contributed by atoms with Gasteiger partial charge in [-0.1, -0.05) is 30.3 Å². The topological polar surface area (TPSA) is 69.6 Å². The molecule has 198 valence electrons. The van der Waals surface area contributed by atoms with Crippen LogP contribution in [0.15, 0.2) is 77.4 Å². The van der Waals surface area contributed by atoms with Gasteiger partial charge in [-0.3, -0.25) is 4.79 Å². The van der Waals surface area contributed by atoms with Crippen molar-refractivity contribution < 1.29 is 23.7 Å². The summed E-state index contributed by atoms with van der Waals surface area (Å²) in [6.07, 6.45) is 1.83. The highest BCUT2D eigenvalue weighted by Crippen LogP contribution is 2.31. The van der Waals surface area contributed by atoms with Crippen LogP contribution in [0, 0.1) is 13.8 Å². The van der Waals surface area contributed by atoms with Crippen LogP contribution in [0.4, 0.5) is 5.69 Å². The Morgan fingerprint density at radius 2 is 1.55 bits per heavy atom. The minimum absolute atomic E-state index is 0.161. The molecule has 0 spiro atoms. The van der Waals surface area contributed by atoms with E-state index in [9.17, 15) is 4.79 Å². The van der Waals surface area contributed by atoms with Gasteiger partial charge in [-0.2, -0.15) is 10.1 Å². The van der Waals surface area contributed by atoms with Crippen molar-refractivity contribution in [3.8, 4) is 17.2 Å². The van der Waals surface area contributed by atoms with Crippen LogP contribution in [-0.4, -0.2) is 44.7 Å². The monoisotopic (exact) mass is 514 g/mol. The van der Waals surface area contributed by atoms with Crippen molar-refractivity contribution in [3.05, 3.63) is 89.0 Å². The van der Waals surface area contributed by atoms with Crippen molar-refractivity contribution in [2.75, 3.05) is 38.0 Å². The van der Waals surface area contributed by atoms with E-state index < -0.39 is 0 Å². The lowest BCUT2D eigenvalue weighted by atomic mass is 10.1. The SMILES string of the molecule is CCOc1cc(C=C2C(=O)N(c3ccccc3)N=C2C)ccc1OCCOCCOc1ccc(C)c(C)c1. The maximum atomic E-state index is 13.0. The molecule has 7 nitrogen and oxygen atoms in total. The maximum Gasteiger partial charge on any atom is 0.280 e. The van der Waals surface area contributed by atoms with Crippen LogP contribution in [0.2, 0.25) is 0 Å². The largest absolute Gasteiger partial charge is 0.491 e. The Morgan fingerprint density at radius 3 is 2.29 bits per heavy atom. The second-order valence-corrected chi connectivity index (χ2v) is 8.89. The van der Waals surface area contributed by atoms with E-state index in [2.05, 4.69) is 25.0 Å². The molecule has 0 radical (unpaired) electrons. The van der Waals surface area contributed by atoms with E-state index in [-0.39, 0.29) is 5.91 Å². The van der Waals surface area contributed by atoms with Crippen molar-refractivity contribution in [1.29, 1.82) is 0 Å².